The standard InChI is InChI=1S/C17H15NO2/c18-11-13-6-2-4-8-15(13)20-16-10-9-12-5-1-3-7-14(12)17(16)19/h2,4,6,8-10,16H,1,3,5,7H2. The average Bonchev–Trinajstić information content (AvgIpc) is 2.51. The monoisotopic (exact) mass is 265 g/mol. The van der Waals surface area contributed by atoms with Gasteiger partial charge in [-0.15, -0.1) is 0 Å². The smallest absolute Gasteiger partial charge is 0.203 e. The van der Waals surface area contributed by atoms with Gasteiger partial charge in [0.2, 0.25) is 5.78 Å². The molecule has 3 heteroatoms. The molecule has 0 heterocycles. The highest BCUT2D eigenvalue weighted by molar-refractivity contribution is 6.02. The zero-order valence-corrected chi connectivity index (χ0v) is 11.1. The van der Waals surface area contributed by atoms with Gasteiger partial charge in [-0.3, -0.25) is 4.79 Å². The molecule has 1 atom stereocenters. The highest BCUT2D eigenvalue weighted by Gasteiger charge is 2.29. The molecule has 1 aromatic rings. The molecule has 100 valence electrons. The number of hydrogen-bond donors (Lipinski definition) is 0. The maximum absolute atomic E-state index is 12.4. The van der Waals surface area contributed by atoms with Crippen molar-refractivity contribution in [1.29, 1.82) is 5.26 Å². The fourth-order valence-corrected chi connectivity index (χ4v) is 2.75. The van der Waals surface area contributed by atoms with Gasteiger partial charge in [0.1, 0.15) is 11.8 Å². The van der Waals surface area contributed by atoms with Crippen LogP contribution >= 0.6 is 0 Å². The Kier molecular flexibility index (Phi) is 3.39. The Bertz CT molecular complexity index is 649. The number of ether oxygens (including phenoxy) is 1. The molecule has 1 aromatic carbocycles. The minimum absolute atomic E-state index is 0.0509. The van der Waals surface area contributed by atoms with E-state index in [0.717, 1.165) is 36.8 Å². The summed E-state index contributed by atoms with van der Waals surface area (Å²) in [5.41, 5.74) is 2.53. The van der Waals surface area contributed by atoms with Crippen LogP contribution in [0.2, 0.25) is 0 Å². The zero-order chi connectivity index (χ0) is 13.9. The Morgan fingerprint density at radius 1 is 1.20 bits per heavy atom. The van der Waals surface area contributed by atoms with Crippen LogP contribution in [0.4, 0.5) is 0 Å². The van der Waals surface area contributed by atoms with Crippen molar-refractivity contribution in [1.82, 2.24) is 0 Å². The minimum Gasteiger partial charge on any atom is -0.477 e. The van der Waals surface area contributed by atoms with Gasteiger partial charge in [-0.25, -0.2) is 0 Å². The molecular formula is C17H15NO2. The van der Waals surface area contributed by atoms with Gasteiger partial charge in [0, 0.05) is 5.57 Å². The molecule has 0 fully saturated rings. The Labute approximate surface area is 118 Å². The molecule has 3 nitrogen and oxygen atoms in total. The van der Waals surface area contributed by atoms with Crippen molar-refractivity contribution < 1.29 is 9.53 Å². The summed E-state index contributed by atoms with van der Waals surface area (Å²) in [5.74, 6) is 0.521. The maximum Gasteiger partial charge on any atom is 0.203 e. The highest BCUT2D eigenvalue weighted by Crippen LogP contribution is 2.31. The Balaban J connectivity index is 1.84. The van der Waals surface area contributed by atoms with Crippen molar-refractivity contribution in [2.24, 2.45) is 0 Å². The van der Waals surface area contributed by atoms with E-state index >= 15 is 0 Å². The van der Waals surface area contributed by atoms with Crippen LogP contribution in [0.15, 0.2) is 47.6 Å². The summed E-state index contributed by atoms with van der Waals surface area (Å²) in [6, 6.07) is 9.09. The summed E-state index contributed by atoms with van der Waals surface area (Å²) < 4.78 is 5.75. The van der Waals surface area contributed by atoms with E-state index in [4.69, 9.17) is 10.00 Å². The quantitative estimate of drug-likeness (QED) is 0.824. The molecule has 0 saturated carbocycles. The lowest BCUT2D eigenvalue weighted by Crippen LogP contribution is -2.30. The molecule has 0 aliphatic heterocycles. The molecular weight excluding hydrogens is 250 g/mol. The van der Waals surface area contributed by atoms with Gasteiger partial charge in [-0.1, -0.05) is 18.2 Å². The second-order valence-corrected chi connectivity index (χ2v) is 5.08. The fraction of sp³-hybridized carbons (Fsp3) is 0.294. The molecule has 0 aromatic heterocycles. The largest absolute Gasteiger partial charge is 0.477 e. The van der Waals surface area contributed by atoms with Crippen LogP contribution in [0.1, 0.15) is 31.2 Å². The van der Waals surface area contributed by atoms with Gasteiger partial charge in [0.05, 0.1) is 5.56 Å². The Morgan fingerprint density at radius 3 is 2.85 bits per heavy atom. The normalized spacial score (nSPS) is 21.4. The second-order valence-electron chi connectivity index (χ2n) is 5.08. The summed E-state index contributed by atoms with van der Waals surface area (Å²) >= 11 is 0. The van der Waals surface area contributed by atoms with Gasteiger partial charge >= 0.3 is 0 Å². The number of nitrogens with zero attached hydrogens (tertiary/aromatic N) is 1. The van der Waals surface area contributed by atoms with E-state index < -0.39 is 6.10 Å². The third kappa shape index (κ3) is 2.25. The first kappa shape index (κ1) is 12.7. The van der Waals surface area contributed by atoms with Gasteiger partial charge in [-0.2, -0.15) is 5.26 Å². The van der Waals surface area contributed by atoms with Crippen LogP contribution in [-0.4, -0.2) is 11.9 Å². The van der Waals surface area contributed by atoms with Crippen LogP contribution in [0.25, 0.3) is 0 Å². The van der Waals surface area contributed by atoms with Gasteiger partial charge in [-0.05, 0) is 49.5 Å². The molecule has 3 rings (SSSR count). The predicted molar refractivity (Wildman–Crippen MR) is 75.2 cm³/mol. The summed E-state index contributed by atoms with van der Waals surface area (Å²) in [6.45, 7) is 0. The summed E-state index contributed by atoms with van der Waals surface area (Å²) in [4.78, 5) is 12.4. The topological polar surface area (TPSA) is 50.1 Å². The summed E-state index contributed by atoms with van der Waals surface area (Å²) in [6.07, 6.45) is 7.27. The number of Topliss-reactive ketones (excluding diaryl/α,β-unsaturated/α-hetero) is 1. The maximum atomic E-state index is 12.4. The fourth-order valence-electron chi connectivity index (χ4n) is 2.75. The Hall–Kier alpha value is -2.34. The molecule has 2 aliphatic rings. The number of nitriles is 1. The van der Waals surface area contributed by atoms with E-state index in [-0.39, 0.29) is 5.78 Å². The number of benzene rings is 1. The molecule has 0 bridgehead atoms. The summed E-state index contributed by atoms with van der Waals surface area (Å²) in [7, 11) is 0. The predicted octanol–water partition coefficient (Wildman–Crippen LogP) is 3.32. The molecule has 0 N–H and O–H groups in total. The average molecular weight is 265 g/mol. The van der Waals surface area contributed by atoms with E-state index in [1.807, 2.05) is 6.08 Å². The van der Waals surface area contributed by atoms with Gasteiger partial charge < -0.3 is 4.74 Å². The third-order valence-corrected chi connectivity index (χ3v) is 3.80. The van der Waals surface area contributed by atoms with E-state index in [1.165, 1.54) is 0 Å². The molecule has 20 heavy (non-hydrogen) atoms. The first-order chi connectivity index (χ1) is 9.79. The number of hydrogen-bond acceptors (Lipinski definition) is 3. The van der Waals surface area contributed by atoms with Crippen molar-refractivity contribution >= 4 is 5.78 Å². The highest BCUT2D eigenvalue weighted by atomic mass is 16.5. The van der Waals surface area contributed by atoms with Crippen molar-refractivity contribution in [3.8, 4) is 11.8 Å². The molecule has 2 aliphatic carbocycles. The van der Waals surface area contributed by atoms with Crippen LogP contribution in [0.5, 0.6) is 5.75 Å². The second kappa shape index (κ2) is 5.34. The Morgan fingerprint density at radius 2 is 2.00 bits per heavy atom. The number of carbonyl (C=O) groups is 1. The molecule has 1 unspecified atom stereocenters. The van der Waals surface area contributed by atoms with E-state index in [0.29, 0.717) is 11.3 Å². The van der Waals surface area contributed by atoms with Crippen molar-refractivity contribution in [3.63, 3.8) is 0 Å². The van der Waals surface area contributed by atoms with E-state index in [2.05, 4.69) is 6.07 Å². The first-order valence-corrected chi connectivity index (χ1v) is 6.90. The van der Waals surface area contributed by atoms with Crippen molar-refractivity contribution in [3.05, 3.63) is 53.1 Å². The minimum atomic E-state index is -0.596. The van der Waals surface area contributed by atoms with E-state index in [9.17, 15) is 4.79 Å². The van der Waals surface area contributed by atoms with Crippen LogP contribution in [0, 0.1) is 11.3 Å². The number of para-hydroxylation sites is 1. The van der Waals surface area contributed by atoms with Crippen molar-refractivity contribution in [2.45, 2.75) is 31.8 Å². The van der Waals surface area contributed by atoms with Crippen LogP contribution in [-0.2, 0) is 4.79 Å². The van der Waals surface area contributed by atoms with Crippen molar-refractivity contribution in [2.75, 3.05) is 0 Å². The lowest BCUT2D eigenvalue weighted by atomic mass is 9.84. The molecule has 0 radical (unpaired) electrons. The SMILES string of the molecule is N#Cc1ccccc1OC1C=CC2=C(CCCC2)C1=O. The van der Waals surface area contributed by atoms with Gasteiger partial charge in [0.15, 0.2) is 6.10 Å². The molecule has 0 spiro atoms. The number of carbonyl (C=O) groups excluding carboxylic acids is 1. The molecule has 0 saturated heterocycles. The van der Waals surface area contributed by atoms with Crippen LogP contribution in [0.3, 0.4) is 0 Å². The lowest BCUT2D eigenvalue weighted by molar-refractivity contribution is -0.120. The van der Waals surface area contributed by atoms with E-state index in [1.54, 1.807) is 30.3 Å². The lowest BCUT2D eigenvalue weighted by Gasteiger charge is -2.25. The number of ketones is 1. The zero-order valence-electron chi connectivity index (χ0n) is 11.1. The van der Waals surface area contributed by atoms with Gasteiger partial charge in [0.25, 0.3) is 0 Å². The number of rotatable bonds is 2. The first-order valence-electron chi connectivity index (χ1n) is 6.90. The van der Waals surface area contributed by atoms with Crippen LogP contribution < -0.4 is 4.74 Å². The third-order valence-electron chi connectivity index (χ3n) is 3.80. The number of allylic oxidation sites excluding steroid dienone is 2. The summed E-state index contributed by atoms with van der Waals surface area (Å²) in [5, 5.41) is 9.06. The molecule has 0 amide bonds.